The molecule has 0 saturated heterocycles. The molecule has 2 rings (SSSR count). The predicted octanol–water partition coefficient (Wildman–Crippen LogP) is 0.530. The van der Waals surface area contributed by atoms with Crippen LogP contribution in [0.4, 0.5) is 0 Å². The van der Waals surface area contributed by atoms with Crippen LogP contribution < -0.4 is 11.1 Å². The fraction of sp³-hybridized carbons (Fsp3) is 0.267. The summed E-state index contributed by atoms with van der Waals surface area (Å²) < 4.78 is 0. The molecule has 1 amide bonds. The van der Waals surface area contributed by atoms with E-state index in [2.05, 4.69) is 11.9 Å². The van der Waals surface area contributed by atoms with Crippen LogP contribution in [0.2, 0.25) is 0 Å². The first kappa shape index (κ1) is 15.7. The van der Waals surface area contributed by atoms with Crippen molar-refractivity contribution >= 4 is 17.8 Å². The van der Waals surface area contributed by atoms with E-state index in [9.17, 15) is 24.6 Å². The molecule has 22 heavy (non-hydrogen) atoms. The van der Waals surface area contributed by atoms with Gasteiger partial charge in [0.05, 0.1) is 6.04 Å². The second kappa shape index (κ2) is 5.61. The van der Waals surface area contributed by atoms with Gasteiger partial charge in [-0.15, -0.1) is 6.58 Å². The van der Waals surface area contributed by atoms with Crippen LogP contribution in [-0.4, -0.2) is 33.6 Å². The molecule has 3 atom stereocenters. The Bertz CT molecular complexity index is 657. The van der Waals surface area contributed by atoms with E-state index in [0.717, 1.165) is 6.08 Å². The molecule has 0 spiro atoms. The van der Waals surface area contributed by atoms with E-state index >= 15 is 0 Å². The summed E-state index contributed by atoms with van der Waals surface area (Å²) in [6, 6.07) is 6.05. The summed E-state index contributed by atoms with van der Waals surface area (Å²) in [5.41, 5.74) is 4.84. The lowest BCUT2D eigenvalue weighted by molar-refractivity contribution is -0.154. The molecule has 5 N–H and O–H groups in total. The highest BCUT2D eigenvalue weighted by Gasteiger charge is 2.48. The first-order valence-electron chi connectivity index (χ1n) is 6.58. The maximum Gasteiger partial charge on any atom is 0.325 e. The number of amides is 1. The molecule has 1 aliphatic rings. The second-order valence-corrected chi connectivity index (χ2v) is 5.21. The summed E-state index contributed by atoms with van der Waals surface area (Å²) in [5.74, 6) is -4.65. The highest BCUT2D eigenvalue weighted by atomic mass is 16.4. The average Bonchev–Trinajstić information content (AvgIpc) is 2.76. The van der Waals surface area contributed by atoms with Gasteiger partial charge in [-0.1, -0.05) is 24.3 Å². The number of nitrogens with two attached hydrogens (primary N) is 1. The lowest BCUT2D eigenvalue weighted by Crippen LogP contribution is -2.57. The summed E-state index contributed by atoms with van der Waals surface area (Å²) in [4.78, 5) is 34.7. The number of carbonyl (C=O) groups is 3. The minimum Gasteiger partial charge on any atom is -0.481 e. The second-order valence-electron chi connectivity index (χ2n) is 5.21. The molecule has 0 saturated carbocycles. The molecule has 3 unspecified atom stereocenters. The summed E-state index contributed by atoms with van der Waals surface area (Å²) in [7, 11) is 0. The number of aliphatic carboxylic acids is 2. The average molecular weight is 304 g/mol. The molecular weight excluding hydrogens is 288 g/mol. The van der Waals surface area contributed by atoms with Crippen molar-refractivity contribution in [2.45, 2.75) is 18.0 Å². The van der Waals surface area contributed by atoms with E-state index in [1.807, 2.05) is 0 Å². The third-order valence-corrected chi connectivity index (χ3v) is 3.88. The Morgan fingerprint density at radius 1 is 1.41 bits per heavy atom. The summed E-state index contributed by atoms with van der Waals surface area (Å²) >= 11 is 0. The van der Waals surface area contributed by atoms with Crippen LogP contribution in [0.15, 0.2) is 36.9 Å². The molecule has 7 nitrogen and oxygen atoms in total. The molecule has 1 aromatic carbocycles. The van der Waals surface area contributed by atoms with Gasteiger partial charge in [0, 0.05) is 12.0 Å². The molecule has 0 radical (unpaired) electrons. The number of carboxylic acids is 2. The number of hydrogen-bond acceptors (Lipinski definition) is 4. The minimum absolute atomic E-state index is 0.256. The van der Waals surface area contributed by atoms with Crippen LogP contribution in [0.5, 0.6) is 0 Å². The van der Waals surface area contributed by atoms with Crippen LogP contribution in [0, 0.1) is 5.92 Å². The zero-order valence-corrected chi connectivity index (χ0v) is 11.7. The van der Waals surface area contributed by atoms with Gasteiger partial charge in [-0.3, -0.25) is 14.4 Å². The Morgan fingerprint density at radius 3 is 2.59 bits per heavy atom. The van der Waals surface area contributed by atoms with Crippen LogP contribution in [0.3, 0.4) is 0 Å². The van der Waals surface area contributed by atoms with Gasteiger partial charge < -0.3 is 21.3 Å². The number of nitrogens with one attached hydrogen (secondary N) is 1. The topological polar surface area (TPSA) is 130 Å². The number of benzene rings is 1. The number of carbonyl (C=O) groups excluding carboxylic acids is 1. The predicted molar refractivity (Wildman–Crippen MR) is 77.1 cm³/mol. The van der Waals surface area contributed by atoms with Gasteiger partial charge in [-0.25, -0.2) is 0 Å². The smallest absolute Gasteiger partial charge is 0.325 e. The molecule has 7 heteroatoms. The zero-order valence-electron chi connectivity index (χ0n) is 11.7. The van der Waals surface area contributed by atoms with Gasteiger partial charge in [-0.05, 0) is 11.6 Å². The van der Waals surface area contributed by atoms with E-state index in [1.165, 1.54) is 0 Å². The quantitative estimate of drug-likeness (QED) is 0.567. The van der Waals surface area contributed by atoms with Gasteiger partial charge in [-0.2, -0.15) is 0 Å². The Hall–Kier alpha value is -2.67. The number of carboxylic acid groups (broad SMARTS) is 2. The van der Waals surface area contributed by atoms with Crippen LogP contribution in [0.1, 0.15) is 28.4 Å². The summed E-state index contributed by atoms with van der Waals surface area (Å²) in [6.07, 6.45) is 0.743. The molecular formula is C15H16N2O5. The Kier molecular flexibility index (Phi) is 4.01. The number of hydrogen-bond donors (Lipinski definition) is 4. The van der Waals surface area contributed by atoms with Crippen molar-refractivity contribution in [2.75, 3.05) is 0 Å². The van der Waals surface area contributed by atoms with Gasteiger partial charge in [0.15, 0.2) is 0 Å². The Balaban J connectivity index is 2.38. The van der Waals surface area contributed by atoms with E-state index in [0.29, 0.717) is 11.1 Å². The van der Waals surface area contributed by atoms with Crippen molar-refractivity contribution in [3.05, 3.63) is 48.0 Å². The largest absolute Gasteiger partial charge is 0.481 e. The van der Waals surface area contributed by atoms with E-state index in [-0.39, 0.29) is 12.3 Å². The van der Waals surface area contributed by atoms with E-state index in [1.54, 1.807) is 24.3 Å². The first-order chi connectivity index (χ1) is 10.3. The van der Waals surface area contributed by atoms with Crippen LogP contribution >= 0.6 is 0 Å². The van der Waals surface area contributed by atoms with Crippen molar-refractivity contribution in [1.29, 1.82) is 0 Å². The first-order valence-corrected chi connectivity index (χ1v) is 6.58. The van der Waals surface area contributed by atoms with E-state index < -0.39 is 29.4 Å². The number of rotatable bonds is 6. The van der Waals surface area contributed by atoms with Gasteiger partial charge >= 0.3 is 11.9 Å². The molecule has 0 aromatic heterocycles. The normalized spacial score (nSPS) is 20.4. The summed E-state index contributed by atoms with van der Waals surface area (Å²) in [6.45, 7) is 3.35. The van der Waals surface area contributed by atoms with Crippen molar-refractivity contribution in [2.24, 2.45) is 11.7 Å². The third-order valence-electron chi connectivity index (χ3n) is 3.88. The molecule has 0 fully saturated rings. The highest BCUT2D eigenvalue weighted by Crippen LogP contribution is 2.34. The molecule has 1 aliphatic heterocycles. The molecule has 1 aromatic rings. The van der Waals surface area contributed by atoms with Gasteiger partial charge in [0.25, 0.3) is 5.91 Å². The fourth-order valence-corrected chi connectivity index (χ4v) is 2.70. The van der Waals surface area contributed by atoms with Gasteiger partial charge in [0.1, 0.15) is 11.5 Å². The summed E-state index contributed by atoms with van der Waals surface area (Å²) in [5, 5.41) is 21.2. The van der Waals surface area contributed by atoms with Crippen LogP contribution in [0.25, 0.3) is 0 Å². The van der Waals surface area contributed by atoms with Crippen molar-refractivity contribution in [3.63, 3.8) is 0 Å². The van der Waals surface area contributed by atoms with E-state index in [4.69, 9.17) is 5.73 Å². The maximum absolute atomic E-state index is 11.9. The van der Waals surface area contributed by atoms with Crippen molar-refractivity contribution in [1.82, 2.24) is 5.32 Å². The lowest BCUT2D eigenvalue weighted by Gasteiger charge is -2.31. The molecule has 1 heterocycles. The third kappa shape index (κ3) is 2.46. The SMILES string of the molecule is C=CC(C(=O)O)C(N)(CC1NC(=O)c2ccccc21)C(=O)O. The van der Waals surface area contributed by atoms with Gasteiger partial charge in [0.2, 0.25) is 0 Å². The monoisotopic (exact) mass is 304 g/mol. The van der Waals surface area contributed by atoms with Crippen LogP contribution in [-0.2, 0) is 9.59 Å². The molecule has 0 bridgehead atoms. The van der Waals surface area contributed by atoms with Crippen molar-refractivity contribution < 1.29 is 24.6 Å². The van der Waals surface area contributed by atoms with Crippen molar-refractivity contribution in [3.8, 4) is 0 Å². The highest BCUT2D eigenvalue weighted by molar-refractivity contribution is 5.99. The molecule has 0 aliphatic carbocycles. The number of fused-ring (bicyclic) bond motifs is 1. The maximum atomic E-state index is 11.9. The Morgan fingerprint density at radius 2 is 2.05 bits per heavy atom. The Labute approximate surface area is 126 Å². The zero-order chi connectivity index (χ0) is 16.5. The fourth-order valence-electron chi connectivity index (χ4n) is 2.70. The standard InChI is InChI=1S/C15H16N2O5/c1-2-10(13(19)20)15(16,14(21)22)7-11-8-5-3-4-6-9(8)12(18)17-11/h2-6,10-11H,1,7,16H2,(H,17,18)(H,19,20)(H,21,22). The molecule has 116 valence electrons. The minimum atomic E-state index is -2.08. The lowest BCUT2D eigenvalue weighted by atomic mass is 9.78.